The third-order valence-corrected chi connectivity index (χ3v) is 6.05. The zero-order valence-electron chi connectivity index (χ0n) is 20.2. The lowest BCUT2D eigenvalue weighted by atomic mass is 10.1. The summed E-state index contributed by atoms with van der Waals surface area (Å²) >= 11 is 0. The van der Waals surface area contributed by atoms with E-state index in [1.165, 1.54) is 36.0 Å². The van der Waals surface area contributed by atoms with Gasteiger partial charge in [-0.3, -0.25) is 14.7 Å². The van der Waals surface area contributed by atoms with E-state index in [-0.39, 0.29) is 23.5 Å². The molecular weight excluding hydrogens is 485 g/mol. The maximum atomic E-state index is 13.6. The van der Waals surface area contributed by atoms with Crippen LogP contribution in [0, 0.1) is 12.3 Å². The summed E-state index contributed by atoms with van der Waals surface area (Å²) in [5, 5.41) is 12.1. The largest absolute Gasteiger partial charge is 0.416 e. The lowest BCUT2D eigenvalue weighted by Gasteiger charge is -2.21. The Kier molecular flexibility index (Phi) is 7.79. The van der Waals surface area contributed by atoms with Gasteiger partial charge in [0.2, 0.25) is 0 Å². The molecule has 1 aromatic carbocycles. The van der Waals surface area contributed by atoms with E-state index in [1.54, 1.807) is 13.0 Å². The van der Waals surface area contributed by atoms with Crippen LogP contribution in [0.25, 0.3) is 0 Å². The van der Waals surface area contributed by atoms with Gasteiger partial charge < -0.3 is 15.7 Å². The van der Waals surface area contributed by atoms with Crippen LogP contribution in [0.1, 0.15) is 45.6 Å². The van der Waals surface area contributed by atoms with Crippen LogP contribution in [0.4, 0.5) is 24.5 Å². The van der Waals surface area contributed by atoms with Crippen LogP contribution < -0.4 is 16.2 Å². The minimum Gasteiger partial charge on any atom is -0.322 e. The average molecular weight is 513 g/mol. The Hall–Kier alpha value is -3.90. The number of nitrogens with two attached hydrogens (primary N) is 1. The molecule has 0 unspecified atom stereocenters. The van der Waals surface area contributed by atoms with Crippen molar-refractivity contribution in [1.29, 1.82) is 5.41 Å². The van der Waals surface area contributed by atoms with E-state index < -0.39 is 17.6 Å². The second-order valence-electron chi connectivity index (χ2n) is 8.92. The SMILES string of the molecule is Cc1ncc(C(=O)Nc2cc(CN3CCCC3)cc(C(F)(F)F)c2)cc1N(N)CC(=N)c1cncnc1. The number of aryl methyl sites for hydroxylation is 1. The number of hydrazine groups is 1. The highest BCUT2D eigenvalue weighted by Gasteiger charge is 2.31. The van der Waals surface area contributed by atoms with Crippen LogP contribution in [0.2, 0.25) is 0 Å². The molecule has 3 aromatic rings. The van der Waals surface area contributed by atoms with Crippen molar-refractivity contribution in [3.05, 3.63) is 77.1 Å². The first kappa shape index (κ1) is 26.2. The number of hydrogen-bond donors (Lipinski definition) is 3. The first-order valence-electron chi connectivity index (χ1n) is 11.7. The molecule has 2 aromatic heterocycles. The number of carbonyl (C=O) groups is 1. The molecule has 1 saturated heterocycles. The number of hydrogen-bond acceptors (Lipinski definition) is 8. The van der Waals surface area contributed by atoms with Gasteiger partial charge in [0.1, 0.15) is 6.33 Å². The predicted molar refractivity (Wildman–Crippen MR) is 133 cm³/mol. The van der Waals surface area contributed by atoms with Crippen molar-refractivity contribution in [3.63, 3.8) is 0 Å². The lowest BCUT2D eigenvalue weighted by molar-refractivity contribution is -0.137. The monoisotopic (exact) mass is 512 g/mol. The van der Waals surface area contributed by atoms with E-state index in [9.17, 15) is 18.0 Å². The number of likely N-dealkylation sites (tertiary alicyclic amines) is 1. The van der Waals surface area contributed by atoms with Gasteiger partial charge in [-0.05, 0) is 62.7 Å². The number of pyridine rings is 1. The van der Waals surface area contributed by atoms with Gasteiger partial charge in [0.25, 0.3) is 5.91 Å². The smallest absolute Gasteiger partial charge is 0.322 e. The number of alkyl halides is 3. The molecule has 0 aliphatic carbocycles. The molecule has 0 bridgehead atoms. The number of anilines is 2. The van der Waals surface area contributed by atoms with Crippen LogP contribution in [-0.4, -0.2) is 51.1 Å². The van der Waals surface area contributed by atoms with E-state index in [1.807, 2.05) is 0 Å². The third kappa shape index (κ3) is 6.66. The molecule has 1 aliphatic rings. The summed E-state index contributed by atoms with van der Waals surface area (Å²) in [6, 6.07) is 5.10. The van der Waals surface area contributed by atoms with Gasteiger partial charge >= 0.3 is 6.18 Å². The van der Waals surface area contributed by atoms with Gasteiger partial charge in [0.15, 0.2) is 0 Å². The van der Waals surface area contributed by atoms with E-state index in [2.05, 4.69) is 25.2 Å². The fraction of sp³-hybridized carbons (Fsp3) is 0.320. The van der Waals surface area contributed by atoms with Crippen molar-refractivity contribution in [2.75, 3.05) is 30.0 Å². The third-order valence-electron chi connectivity index (χ3n) is 6.05. The molecule has 4 rings (SSSR count). The second-order valence-corrected chi connectivity index (χ2v) is 8.92. The Morgan fingerprint density at radius 2 is 1.81 bits per heavy atom. The summed E-state index contributed by atoms with van der Waals surface area (Å²) in [5.41, 5.74) is 1.38. The highest BCUT2D eigenvalue weighted by molar-refractivity contribution is 6.05. The highest BCUT2D eigenvalue weighted by Crippen LogP contribution is 2.33. The Morgan fingerprint density at radius 1 is 1.11 bits per heavy atom. The molecular formula is C25H27F3N8O. The molecule has 0 radical (unpaired) electrons. The topological polar surface area (TPSA) is 124 Å². The van der Waals surface area contributed by atoms with Gasteiger partial charge in [-0.2, -0.15) is 13.2 Å². The van der Waals surface area contributed by atoms with Crippen LogP contribution in [0.5, 0.6) is 0 Å². The fourth-order valence-electron chi connectivity index (χ4n) is 4.16. The summed E-state index contributed by atoms with van der Waals surface area (Å²) in [6.07, 6.45) is 3.15. The standard InChI is InChI=1S/C25H27F3N8O/c1-16-23(36(30)14-22(29)19-10-31-15-32-11-19)8-18(12-33-16)24(37)34-21-7-17(13-35-4-2-3-5-35)6-20(9-21)25(26,27)28/h6-12,15,29H,2-5,13-14,30H2,1H3,(H,34,37). The average Bonchev–Trinajstić information content (AvgIpc) is 3.37. The van der Waals surface area contributed by atoms with Crippen LogP contribution >= 0.6 is 0 Å². The Bertz CT molecular complexity index is 1280. The number of aromatic nitrogens is 3. The molecule has 3 heterocycles. The van der Waals surface area contributed by atoms with Crippen molar-refractivity contribution < 1.29 is 18.0 Å². The quantitative estimate of drug-likeness (QED) is 0.238. The van der Waals surface area contributed by atoms with Crippen LogP contribution in [0.15, 0.2) is 49.2 Å². The molecule has 1 aliphatic heterocycles. The number of amides is 1. The highest BCUT2D eigenvalue weighted by atomic mass is 19.4. The van der Waals surface area contributed by atoms with Crippen molar-refractivity contribution in [2.45, 2.75) is 32.5 Å². The number of carbonyl (C=O) groups excluding carboxylic acids is 1. The summed E-state index contributed by atoms with van der Waals surface area (Å²) in [7, 11) is 0. The van der Waals surface area contributed by atoms with Crippen molar-refractivity contribution in [2.24, 2.45) is 5.84 Å². The van der Waals surface area contributed by atoms with Gasteiger partial charge in [-0.1, -0.05) is 0 Å². The van der Waals surface area contributed by atoms with E-state index in [4.69, 9.17) is 11.3 Å². The number of nitrogens with zero attached hydrogens (tertiary/aromatic N) is 5. The molecule has 1 fully saturated rings. The van der Waals surface area contributed by atoms with Crippen LogP contribution in [0.3, 0.4) is 0 Å². The van der Waals surface area contributed by atoms with Gasteiger partial charge in [-0.25, -0.2) is 15.8 Å². The molecule has 12 heteroatoms. The van der Waals surface area contributed by atoms with Crippen molar-refractivity contribution >= 4 is 23.0 Å². The number of nitrogens with one attached hydrogen (secondary N) is 2. The maximum absolute atomic E-state index is 13.6. The van der Waals surface area contributed by atoms with Crippen molar-refractivity contribution in [1.82, 2.24) is 19.9 Å². The van der Waals surface area contributed by atoms with Gasteiger partial charge in [0.05, 0.1) is 34.8 Å². The van der Waals surface area contributed by atoms with E-state index in [0.717, 1.165) is 38.1 Å². The number of rotatable bonds is 8. The first-order valence-corrected chi connectivity index (χ1v) is 11.7. The number of halogens is 3. The Morgan fingerprint density at radius 3 is 2.49 bits per heavy atom. The van der Waals surface area contributed by atoms with E-state index >= 15 is 0 Å². The Labute approximate surface area is 212 Å². The molecule has 4 N–H and O–H groups in total. The molecule has 37 heavy (non-hydrogen) atoms. The summed E-state index contributed by atoms with van der Waals surface area (Å²) in [4.78, 5) is 27.1. The minimum absolute atomic E-state index is 0.00550. The maximum Gasteiger partial charge on any atom is 0.416 e. The fourth-order valence-corrected chi connectivity index (χ4v) is 4.16. The Balaban J connectivity index is 1.53. The second kappa shape index (κ2) is 11.0. The predicted octanol–water partition coefficient (Wildman–Crippen LogP) is 3.80. The molecule has 0 spiro atoms. The summed E-state index contributed by atoms with van der Waals surface area (Å²) in [5.74, 6) is 5.55. The molecule has 1 amide bonds. The summed E-state index contributed by atoms with van der Waals surface area (Å²) in [6.45, 7) is 3.74. The molecule has 0 saturated carbocycles. The number of benzene rings is 1. The van der Waals surface area contributed by atoms with Gasteiger partial charge in [0, 0.05) is 36.4 Å². The summed E-state index contributed by atoms with van der Waals surface area (Å²) < 4.78 is 40.7. The van der Waals surface area contributed by atoms with Crippen LogP contribution in [-0.2, 0) is 12.7 Å². The normalized spacial score (nSPS) is 14.0. The van der Waals surface area contributed by atoms with E-state index in [0.29, 0.717) is 29.1 Å². The molecule has 194 valence electrons. The van der Waals surface area contributed by atoms with Crippen molar-refractivity contribution in [3.8, 4) is 0 Å². The zero-order valence-corrected chi connectivity index (χ0v) is 20.2. The molecule has 9 nitrogen and oxygen atoms in total. The van der Waals surface area contributed by atoms with Gasteiger partial charge in [-0.15, -0.1) is 0 Å². The lowest BCUT2D eigenvalue weighted by Crippen LogP contribution is -2.37. The first-order chi connectivity index (χ1) is 17.6. The zero-order chi connectivity index (χ0) is 26.6. The molecule has 0 atom stereocenters. The minimum atomic E-state index is -4.55.